The Labute approximate surface area is 94.8 Å². The molecule has 1 aliphatic rings. The van der Waals surface area contributed by atoms with E-state index in [1.807, 2.05) is 0 Å². The van der Waals surface area contributed by atoms with Crippen molar-refractivity contribution in [3.05, 3.63) is 0 Å². The molecule has 2 nitrogen and oxygen atoms in total. The fraction of sp³-hybridized carbons (Fsp3) is 1.00. The van der Waals surface area contributed by atoms with Crippen molar-refractivity contribution < 1.29 is 4.74 Å². The summed E-state index contributed by atoms with van der Waals surface area (Å²) < 4.78 is 6.02. The van der Waals surface area contributed by atoms with Crippen molar-refractivity contribution in [1.82, 2.24) is 5.32 Å². The zero-order chi connectivity index (χ0) is 11.1. The first-order valence-corrected chi connectivity index (χ1v) is 6.57. The van der Waals surface area contributed by atoms with Crippen LogP contribution in [0.2, 0.25) is 0 Å². The Hall–Kier alpha value is -0.0800. The van der Waals surface area contributed by atoms with Gasteiger partial charge in [-0.1, -0.05) is 26.7 Å². The lowest BCUT2D eigenvalue weighted by Gasteiger charge is -2.40. The van der Waals surface area contributed by atoms with Crippen LogP contribution in [0, 0.1) is 5.92 Å². The SMILES string of the molecule is CCCNCC1(OCC)CCCC(C)C1. The topological polar surface area (TPSA) is 21.3 Å². The molecular formula is C13H27NO. The average Bonchev–Trinajstić information content (AvgIpc) is 2.18. The highest BCUT2D eigenvalue weighted by molar-refractivity contribution is 4.89. The molecule has 1 saturated carbocycles. The first-order chi connectivity index (χ1) is 7.22. The summed E-state index contributed by atoms with van der Waals surface area (Å²) in [5.74, 6) is 0.828. The quantitative estimate of drug-likeness (QED) is 0.685. The van der Waals surface area contributed by atoms with E-state index in [0.29, 0.717) is 0 Å². The molecule has 1 aliphatic carbocycles. The molecule has 0 bridgehead atoms. The van der Waals surface area contributed by atoms with Crippen LogP contribution in [0.1, 0.15) is 52.9 Å². The molecule has 0 radical (unpaired) electrons. The summed E-state index contributed by atoms with van der Waals surface area (Å²) >= 11 is 0. The lowest BCUT2D eigenvalue weighted by Crippen LogP contribution is -2.46. The largest absolute Gasteiger partial charge is 0.374 e. The Kier molecular flexibility index (Phi) is 5.62. The van der Waals surface area contributed by atoms with Crippen molar-refractivity contribution in [2.45, 2.75) is 58.5 Å². The molecular weight excluding hydrogens is 186 g/mol. The van der Waals surface area contributed by atoms with E-state index in [2.05, 4.69) is 26.1 Å². The second-order valence-corrected chi connectivity index (χ2v) is 4.99. The van der Waals surface area contributed by atoms with Crippen molar-refractivity contribution in [1.29, 1.82) is 0 Å². The fourth-order valence-electron chi connectivity index (χ4n) is 2.75. The van der Waals surface area contributed by atoms with Crippen LogP contribution in [0.3, 0.4) is 0 Å². The molecule has 1 rings (SSSR count). The number of hydrogen-bond acceptors (Lipinski definition) is 2. The molecule has 90 valence electrons. The minimum Gasteiger partial charge on any atom is -0.374 e. The maximum atomic E-state index is 6.02. The van der Waals surface area contributed by atoms with E-state index in [9.17, 15) is 0 Å². The second-order valence-electron chi connectivity index (χ2n) is 4.99. The average molecular weight is 213 g/mol. The summed E-state index contributed by atoms with van der Waals surface area (Å²) in [6, 6.07) is 0. The number of hydrogen-bond donors (Lipinski definition) is 1. The monoisotopic (exact) mass is 213 g/mol. The van der Waals surface area contributed by atoms with Gasteiger partial charge in [-0.3, -0.25) is 0 Å². The van der Waals surface area contributed by atoms with Gasteiger partial charge in [-0.15, -0.1) is 0 Å². The fourth-order valence-corrected chi connectivity index (χ4v) is 2.75. The normalized spacial score (nSPS) is 31.8. The van der Waals surface area contributed by atoms with Gasteiger partial charge >= 0.3 is 0 Å². The standard InChI is InChI=1S/C13H27NO/c1-4-9-14-11-13(15-5-2)8-6-7-12(3)10-13/h12,14H,4-11H2,1-3H3. The summed E-state index contributed by atoms with van der Waals surface area (Å²) in [4.78, 5) is 0. The Balaban J connectivity index is 2.44. The van der Waals surface area contributed by atoms with E-state index >= 15 is 0 Å². The highest BCUT2D eigenvalue weighted by Crippen LogP contribution is 2.34. The van der Waals surface area contributed by atoms with E-state index in [-0.39, 0.29) is 5.60 Å². The molecule has 0 spiro atoms. The summed E-state index contributed by atoms with van der Waals surface area (Å²) in [7, 11) is 0. The predicted octanol–water partition coefficient (Wildman–Crippen LogP) is 2.97. The molecule has 2 unspecified atom stereocenters. The van der Waals surface area contributed by atoms with Gasteiger partial charge in [0.25, 0.3) is 0 Å². The van der Waals surface area contributed by atoms with E-state index in [1.54, 1.807) is 0 Å². The van der Waals surface area contributed by atoms with Crippen LogP contribution in [-0.2, 0) is 4.74 Å². The molecule has 0 aromatic carbocycles. The summed E-state index contributed by atoms with van der Waals surface area (Å²) in [5.41, 5.74) is 0.140. The van der Waals surface area contributed by atoms with Gasteiger partial charge in [0, 0.05) is 13.2 Å². The van der Waals surface area contributed by atoms with Gasteiger partial charge in [0.1, 0.15) is 0 Å². The molecule has 1 N–H and O–H groups in total. The lowest BCUT2D eigenvalue weighted by molar-refractivity contribution is -0.0739. The maximum Gasteiger partial charge on any atom is 0.0808 e. The minimum absolute atomic E-state index is 0.140. The van der Waals surface area contributed by atoms with Gasteiger partial charge in [-0.05, 0) is 38.6 Å². The first-order valence-electron chi connectivity index (χ1n) is 6.57. The molecule has 1 fully saturated rings. The van der Waals surface area contributed by atoms with Crippen molar-refractivity contribution in [2.75, 3.05) is 19.7 Å². The van der Waals surface area contributed by atoms with Gasteiger partial charge in [0.15, 0.2) is 0 Å². The van der Waals surface area contributed by atoms with E-state index in [0.717, 1.165) is 25.6 Å². The molecule has 2 atom stereocenters. The van der Waals surface area contributed by atoms with Gasteiger partial charge in [-0.2, -0.15) is 0 Å². The molecule has 0 heterocycles. The van der Waals surface area contributed by atoms with Gasteiger partial charge in [-0.25, -0.2) is 0 Å². The molecule has 0 aliphatic heterocycles. The maximum absolute atomic E-state index is 6.02. The predicted molar refractivity (Wildman–Crippen MR) is 65.1 cm³/mol. The van der Waals surface area contributed by atoms with Gasteiger partial charge < -0.3 is 10.1 Å². The van der Waals surface area contributed by atoms with Crippen LogP contribution >= 0.6 is 0 Å². The highest BCUT2D eigenvalue weighted by atomic mass is 16.5. The summed E-state index contributed by atoms with van der Waals surface area (Å²) in [6.45, 7) is 9.68. The Bertz CT molecular complexity index is 168. The number of nitrogens with one attached hydrogen (secondary N) is 1. The van der Waals surface area contributed by atoms with Crippen LogP contribution < -0.4 is 5.32 Å². The van der Waals surface area contributed by atoms with Crippen LogP contribution in [-0.4, -0.2) is 25.3 Å². The minimum atomic E-state index is 0.140. The lowest BCUT2D eigenvalue weighted by atomic mass is 9.78. The third-order valence-corrected chi connectivity index (χ3v) is 3.37. The van der Waals surface area contributed by atoms with Gasteiger partial charge in [0.05, 0.1) is 5.60 Å². The smallest absolute Gasteiger partial charge is 0.0808 e. The Morgan fingerprint density at radius 2 is 2.20 bits per heavy atom. The third kappa shape index (κ3) is 4.12. The van der Waals surface area contributed by atoms with E-state index < -0.39 is 0 Å². The zero-order valence-electron chi connectivity index (χ0n) is 10.6. The van der Waals surface area contributed by atoms with Crippen molar-refractivity contribution in [3.63, 3.8) is 0 Å². The van der Waals surface area contributed by atoms with E-state index in [1.165, 1.54) is 32.1 Å². The van der Waals surface area contributed by atoms with Crippen LogP contribution in [0.5, 0.6) is 0 Å². The summed E-state index contributed by atoms with van der Waals surface area (Å²) in [6.07, 6.45) is 6.38. The van der Waals surface area contributed by atoms with Crippen molar-refractivity contribution >= 4 is 0 Å². The van der Waals surface area contributed by atoms with Crippen LogP contribution in [0.4, 0.5) is 0 Å². The van der Waals surface area contributed by atoms with Crippen LogP contribution in [0.15, 0.2) is 0 Å². The summed E-state index contributed by atoms with van der Waals surface area (Å²) in [5, 5.41) is 3.53. The zero-order valence-corrected chi connectivity index (χ0v) is 10.6. The van der Waals surface area contributed by atoms with Gasteiger partial charge in [0.2, 0.25) is 0 Å². The van der Waals surface area contributed by atoms with Crippen LogP contribution in [0.25, 0.3) is 0 Å². The number of rotatable bonds is 6. The molecule has 15 heavy (non-hydrogen) atoms. The number of ether oxygens (including phenoxy) is 1. The Morgan fingerprint density at radius 3 is 2.80 bits per heavy atom. The highest BCUT2D eigenvalue weighted by Gasteiger charge is 2.34. The molecule has 0 aromatic rings. The third-order valence-electron chi connectivity index (χ3n) is 3.37. The Morgan fingerprint density at radius 1 is 1.40 bits per heavy atom. The van der Waals surface area contributed by atoms with Crippen molar-refractivity contribution in [3.8, 4) is 0 Å². The second kappa shape index (κ2) is 6.49. The first kappa shape index (κ1) is 13.0. The van der Waals surface area contributed by atoms with E-state index in [4.69, 9.17) is 4.74 Å². The molecule has 0 saturated heterocycles. The van der Waals surface area contributed by atoms with Crippen molar-refractivity contribution in [2.24, 2.45) is 5.92 Å². The molecule has 0 amide bonds. The molecule has 0 aromatic heterocycles. The molecule has 2 heteroatoms.